The highest BCUT2D eigenvalue weighted by molar-refractivity contribution is 6.02. The predicted octanol–water partition coefficient (Wildman–Crippen LogP) is 2.23. The van der Waals surface area contributed by atoms with Gasteiger partial charge >= 0.3 is 5.69 Å². The zero-order valence-corrected chi connectivity index (χ0v) is 12.8. The molecule has 0 aliphatic heterocycles. The number of carbonyl (C=O) groups is 1. The van der Waals surface area contributed by atoms with Crippen LogP contribution in [0.5, 0.6) is 11.5 Å². The average molecular weight is 339 g/mol. The molecule has 0 radical (unpaired) electrons. The second-order valence-electron chi connectivity index (χ2n) is 4.99. The number of aromatic hydroxyl groups is 2. The van der Waals surface area contributed by atoms with Gasteiger partial charge in [0, 0.05) is 24.2 Å². The number of amides is 1. The van der Waals surface area contributed by atoms with Crippen molar-refractivity contribution in [1.82, 2.24) is 5.32 Å². The molecule has 0 atom stereocenters. The molecule has 25 heavy (non-hydrogen) atoms. The first-order chi connectivity index (χ1) is 11.9. The van der Waals surface area contributed by atoms with E-state index in [0.717, 1.165) is 23.8 Å². The molecule has 126 valence electrons. The normalized spacial score (nSPS) is 10.8. The quantitative estimate of drug-likeness (QED) is 0.331. The van der Waals surface area contributed by atoms with Crippen LogP contribution in [0.15, 0.2) is 48.0 Å². The lowest BCUT2D eigenvalue weighted by Crippen LogP contribution is -2.23. The molecule has 8 heteroatoms. The average Bonchev–Trinajstić information content (AvgIpc) is 2.59. The van der Waals surface area contributed by atoms with E-state index in [0.29, 0.717) is 0 Å². The highest BCUT2D eigenvalue weighted by atomic mass is 16.6. The summed E-state index contributed by atoms with van der Waals surface area (Å²) in [6.07, 6.45) is 1.02. The zero-order valence-electron chi connectivity index (χ0n) is 12.8. The van der Waals surface area contributed by atoms with Crippen LogP contribution in [0.4, 0.5) is 5.69 Å². The van der Waals surface area contributed by atoms with Crippen LogP contribution in [0.3, 0.4) is 0 Å². The SMILES string of the molecule is N#C/C(=C/c1cc([N+](=O)[O-])c(O)cc1O)C(=O)NCc1ccccc1. The van der Waals surface area contributed by atoms with Gasteiger partial charge in [0.25, 0.3) is 5.91 Å². The minimum Gasteiger partial charge on any atom is -0.507 e. The van der Waals surface area contributed by atoms with Crippen molar-refractivity contribution in [3.63, 3.8) is 0 Å². The number of benzene rings is 2. The van der Waals surface area contributed by atoms with Crippen LogP contribution in [-0.4, -0.2) is 21.0 Å². The summed E-state index contributed by atoms with van der Waals surface area (Å²) in [7, 11) is 0. The molecule has 0 saturated carbocycles. The fourth-order valence-electron chi connectivity index (χ4n) is 2.02. The number of hydrogen-bond acceptors (Lipinski definition) is 6. The second kappa shape index (κ2) is 7.61. The van der Waals surface area contributed by atoms with Crippen molar-refractivity contribution in [3.05, 3.63) is 69.3 Å². The highest BCUT2D eigenvalue weighted by Crippen LogP contribution is 2.34. The van der Waals surface area contributed by atoms with E-state index in [2.05, 4.69) is 5.32 Å². The molecule has 0 unspecified atom stereocenters. The van der Waals surface area contributed by atoms with E-state index < -0.39 is 28.0 Å². The standard InChI is InChI=1S/C17H13N3O5/c18-9-13(17(23)19-10-11-4-2-1-3-5-11)6-12-7-14(20(24)25)16(22)8-15(12)21/h1-8,21-22H,10H2,(H,19,23)/b13-6-. The van der Waals surface area contributed by atoms with Crippen LogP contribution in [0.25, 0.3) is 6.08 Å². The monoisotopic (exact) mass is 339 g/mol. The number of carbonyl (C=O) groups excluding carboxylic acids is 1. The third-order valence-corrected chi connectivity index (χ3v) is 3.28. The van der Waals surface area contributed by atoms with Gasteiger partial charge in [-0.05, 0) is 11.6 Å². The van der Waals surface area contributed by atoms with E-state index in [9.17, 15) is 25.1 Å². The third-order valence-electron chi connectivity index (χ3n) is 3.28. The minimum atomic E-state index is -0.840. The maximum atomic E-state index is 12.1. The first-order valence-electron chi connectivity index (χ1n) is 7.06. The van der Waals surface area contributed by atoms with Crippen molar-refractivity contribution >= 4 is 17.7 Å². The van der Waals surface area contributed by atoms with Gasteiger partial charge in [0.1, 0.15) is 17.4 Å². The number of phenols is 2. The molecular formula is C17H13N3O5. The van der Waals surface area contributed by atoms with Crippen LogP contribution in [0.1, 0.15) is 11.1 Å². The Kier molecular flexibility index (Phi) is 5.32. The molecule has 0 saturated heterocycles. The number of nitriles is 1. The summed E-state index contributed by atoms with van der Waals surface area (Å²) in [5, 5.41) is 41.7. The Labute approximate surface area is 142 Å². The lowest BCUT2D eigenvalue weighted by molar-refractivity contribution is -0.385. The smallest absolute Gasteiger partial charge is 0.311 e. The third kappa shape index (κ3) is 4.33. The number of hydrogen-bond donors (Lipinski definition) is 3. The maximum Gasteiger partial charge on any atom is 0.311 e. The van der Waals surface area contributed by atoms with Crippen LogP contribution in [0.2, 0.25) is 0 Å². The summed E-state index contributed by atoms with van der Waals surface area (Å²) in [4.78, 5) is 22.1. The molecule has 0 aliphatic carbocycles. The Balaban J connectivity index is 2.25. The van der Waals surface area contributed by atoms with Crippen molar-refractivity contribution in [2.75, 3.05) is 0 Å². The number of phenolic OH excluding ortho intramolecular Hbond substituents is 2. The molecule has 0 aliphatic rings. The first-order valence-corrected chi connectivity index (χ1v) is 7.06. The summed E-state index contributed by atoms with van der Waals surface area (Å²) >= 11 is 0. The molecule has 2 rings (SSSR count). The summed E-state index contributed by atoms with van der Waals surface area (Å²) in [6.45, 7) is 0.195. The Morgan fingerprint density at radius 2 is 1.92 bits per heavy atom. The summed E-state index contributed by atoms with van der Waals surface area (Å²) in [6, 6.07) is 12.4. The van der Waals surface area contributed by atoms with Crippen molar-refractivity contribution < 1.29 is 19.9 Å². The number of nitrogens with zero attached hydrogens (tertiary/aromatic N) is 2. The first kappa shape index (κ1) is 17.5. The number of rotatable bonds is 5. The topological polar surface area (TPSA) is 136 Å². The van der Waals surface area contributed by atoms with Crippen LogP contribution < -0.4 is 5.32 Å². The van der Waals surface area contributed by atoms with Gasteiger partial charge in [0.2, 0.25) is 0 Å². The van der Waals surface area contributed by atoms with Crippen LogP contribution >= 0.6 is 0 Å². The van der Waals surface area contributed by atoms with Crippen LogP contribution in [0, 0.1) is 21.4 Å². The van der Waals surface area contributed by atoms with E-state index in [1.165, 1.54) is 0 Å². The summed E-state index contributed by atoms with van der Waals surface area (Å²) in [5.41, 5.74) is -0.288. The molecule has 0 fully saturated rings. The second-order valence-corrected chi connectivity index (χ2v) is 4.99. The molecule has 2 aromatic rings. The van der Waals surface area contributed by atoms with Gasteiger partial charge in [-0.3, -0.25) is 14.9 Å². The van der Waals surface area contributed by atoms with Crippen molar-refractivity contribution in [3.8, 4) is 17.6 Å². The van der Waals surface area contributed by atoms with Gasteiger partial charge in [-0.1, -0.05) is 30.3 Å². The van der Waals surface area contributed by atoms with Crippen molar-refractivity contribution in [1.29, 1.82) is 5.26 Å². The lowest BCUT2D eigenvalue weighted by Gasteiger charge is -2.05. The Hall–Kier alpha value is -3.86. The summed E-state index contributed by atoms with van der Waals surface area (Å²) < 4.78 is 0. The largest absolute Gasteiger partial charge is 0.507 e. The fraction of sp³-hybridized carbons (Fsp3) is 0.0588. The van der Waals surface area contributed by atoms with E-state index >= 15 is 0 Å². The fourth-order valence-corrected chi connectivity index (χ4v) is 2.02. The van der Waals surface area contributed by atoms with Gasteiger partial charge in [-0.25, -0.2) is 0 Å². The molecule has 0 aromatic heterocycles. The number of nitrogens with one attached hydrogen (secondary N) is 1. The van der Waals surface area contributed by atoms with Gasteiger partial charge in [0.15, 0.2) is 5.75 Å². The van der Waals surface area contributed by atoms with Crippen LogP contribution in [-0.2, 0) is 11.3 Å². The molecule has 1 amide bonds. The molecular weight excluding hydrogens is 326 g/mol. The van der Waals surface area contributed by atoms with E-state index in [4.69, 9.17) is 5.26 Å². The van der Waals surface area contributed by atoms with E-state index in [-0.39, 0.29) is 17.7 Å². The van der Waals surface area contributed by atoms with E-state index in [1.807, 2.05) is 6.07 Å². The van der Waals surface area contributed by atoms with Gasteiger partial charge < -0.3 is 15.5 Å². The van der Waals surface area contributed by atoms with Gasteiger partial charge in [-0.15, -0.1) is 0 Å². The predicted molar refractivity (Wildman–Crippen MR) is 88.3 cm³/mol. The van der Waals surface area contributed by atoms with Crippen molar-refractivity contribution in [2.45, 2.75) is 6.54 Å². The Morgan fingerprint density at radius 3 is 2.52 bits per heavy atom. The zero-order chi connectivity index (χ0) is 18.4. The number of nitro groups is 1. The molecule has 3 N–H and O–H groups in total. The highest BCUT2D eigenvalue weighted by Gasteiger charge is 2.18. The molecule has 0 bridgehead atoms. The van der Waals surface area contributed by atoms with Gasteiger partial charge in [0.05, 0.1) is 4.92 Å². The molecule has 0 heterocycles. The Morgan fingerprint density at radius 1 is 1.24 bits per heavy atom. The molecule has 0 spiro atoms. The van der Waals surface area contributed by atoms with E-state index in [1.54, 1.807) is 30.3 Å². The lowest BCUT2D eigenvalue weighted by atomic mass is 10.1. The maximum absolute atomic E-state index is 12.1. The molecule has 2 aromatic carbocycles. The Bertz CT molecular complexity index is 885. The van der Waals surface area contributed by atoms with Crippen molar-refractivity contribution in [2.24, 2.45) is 0 Å². The summed E-state index contributed by atoms with van der Waals surface area (Å²) in [5.74, 6) is -1.90. The number of nitro benzene ring substituents is 1. The minimum absolute atomic E-state index is 0.129. The van der Waals surface area contributed by atoms with Gasteiger partial charge in [-0.2, -0.15) is 5.26 Å². The molecule has 8 nitrogen and oxygen atoms in total.